The van der Waals surface area contributed by atoms with Crippen molar-refractivity contribution in [2.24, 2.45) is 0 Å². The van der Waals surface area contributed by atoms with E-state index in [0.29, 0.717) is 0 Å². The first-order chi connectivity index (χ1) is 6.31. The number of hydrogen-bond donors (Lipinski definition) is 2. The molecule has 0 aliphatic rings. The van der Waals surface area contributed by atoms with Crippen LogP contribution in [0.15, 0.2) is 18.3 Å². The van der Waals surface area contributed by atoms with E-state index in [-0.39, 0.29) is 12.4 Å². The normalized spacial score (nSPS) is 8.43. The molecule has 0 aliphatic heterocycles. The highest BCUT2D eigenvalue weighted by molar-refractivity contribution is 5.85. The lowest BCUT2D eigenvalue weighted by molar-refractivity contribution is 0.656. The summed E-state index contributed by atoms with van der Waals surface area (Å²) in [6, 6.07) is 3.66. The third-order valence-electron chi connectivity index (χ3n) is 1.83. The van der Waals surface area contributed by atoms with Crippen molar-refractivity contribution < 1.29 is 0 Å². The van der Waals surface area contributed by atoms with Gasteiger partial charge in [-0.1, -0.05) is 46.0 Å². The molecule has 0 amide bonds. The second-order valence-electron chi connectivity index (χ2n) is 3.19. The van der Waals surface area contributed by atoms with E-state index in [1.807, 2.05) is 6.07 Å². The maximum Gasteiger partial charge on any atom is 0.100 e. The number of H-pyrrole nitrogens is 1. The van der Waals surface area contributed by atoms with Crippen LogP contribution in [-0.2, 0) is 0 Å². The van der Waals surface area contributed by atoms with Crippen molar-refractivity contribution in [2.75, 3.05) is 5.73 Å². The first-order valence-electron chi connectivity index (χ1n) is 5.20. The van der Waals surface area contributed by atoms with Crippen LogP contribution < -0.4 is 5.73 Å². The smallest absolute Gasteiger partial charge is 0.100 e. The number of aromatic amines is 1. The summed E-state index contributed by atoms with van der Waals surface area (Å²) in [6.45, 7) is 4.49. The molecule has 0 spiro atoms. The number of unbranched alkanes of at least 4 members (excludes halogenated alkanes) is 4. The zero-order valence-electron chi connectivity index (χ0n) is 9.25. The lowest BCUT2D eigenvalue weighted by atomic mass is 10.2. The lowest BCUT2D eigenvalue weighted by Crippen LogP contribution is -1.79. The molecular formula is C11H23ClN2. The van der Waals surface area contributed by atoms with Gasteiger partial charge in [-0.15, -0.1) is 12.4 Å². The van der Waals surface area contributed by atoms with E-state index in [4.69, 9.17) is 5.73 Å². The van der Waals surface area contributed by atoms with Crippen molar-refractivity contribution in [2.45, 2.75) is 46.0 Å². The van der Waals surface area contributed by atoms with E-state index < -0.39 is 0 Å². The Balaban J connectivity index is 0. The first kappa shape index (κ1) is 15.8. The minimum absolute atomic E-state index is 0. The van der Waals surface area contributed by atoms with Crippen LogP contribution in [0.4, 0.5) is 5.82 Å². The first-order valence-corrected chi connectivity index (χ1v) is 5.20. The summed E-state index contributed by atoms with van der Waals surface area (Å²) in [4.78, 5) is 2.78. The zero-order valence-corrected chi connectivity index (χ0v) is 10.1. The van der Waals surface area contributed by atoms with Crippen LogP contribution in [0.5, 0.6) is 0 Å². The summed E-state index contributed by atoms with van der Waals surface area (Å²) >= 11 is 0. The van der Waals surface area contributed by atoms with Crippen molar-refractivity contribution in [1.82, 2.24) is 4.98 Å². The molecule has 0 radical (unpaired) electrons. The van der Waals surface area contributed by atoms with Gasteiger partial charge in [0.1, 0.15) is 5.82 Å². The van der Waals surface area contributed by atoms with Crippen molar-refractivity contribution in [3.05, 3.63) is 18.3 Å². The largest absolute Gasteiger partial charge is 0.385 e. The maximum atomic E-state index is 5.22. The fourth-order valence-electron chi connectivity index (χ4n) is 1.02. The molecule has 0 unspecified atom stereocenters. The van der Waals surface area contributed by atoms with Gasteiger partial charge >= 0.3 is 0 Å². The van der Waals surface area contributed by atoms with Gasteiger partial charge in [-0.3, -0.25) is 0 Å². The number of rotatable bonds is 4. The van der Waals surface area contributed by atoms with Crippen molar-refractivity contribution in [3.63, 3.8) is 0 Å². The Bertz CT molecular complexity index is 169. The fourth-order valence-corrected chi connectivity index (χ4v) is 1.02. The quantitative estimate of drug-likeness (QED) is 0.738. The Kier molecular flexibility index (Phi) is 14.0. The average Bonchev–Trinajstić information content (AvgIpc) is 2.58. The van der Waals surface area contributed by atoms with E-state index in [0.717, 1.165) is 5.82 Å². The maximum absolute atomic E-state index is 5.22. The Morgan fingerprint density at radius 3 is 1.93 bits per heavy atom. The van der Waals surface area contributed by atoms with Gasteiger partial charge in [0.2, 0.25) is 0 Å². The van der Waals surface area contributed by atoms with Gasteiger partial charge in [-0.2, -0.15) is 0 Å². The minimum Gasteiger partial charge on any atom is -0.385 e. The number of aromatic nitrogens is 1. The molecule has 0 fully saturated rings. The topological polar surface area (TPSA) is 41.8 Å². The van der Waals surface area contributed by atoms with Crippen molar-refractivity contribution in [3.8, 4) is 0 Å². The van der Waals surface area contributed by atoms with E-state index in [1.165, 1.54) is 32.1 Å². The fraction of sp³-hybridized carbons (Fsp3) is 0.636. The molecule has 0 atom stereocenters. The van der Waals surface area contributed by atoms with Gasteiger partial charge in [-0.25, -0.2) is 0 Å². The Morgan fingerprint density at radius 2 is 1.71 bits per heavy atom. The summed E-state index contributed by atoms with van der Waals surface area (Å²) < 4.78 is 0. The third kappa shape index (κ3) is 11.4. The summed E-state index contributed by atoms with van der Waals surface area (Å²) in [5, 5.41) is 0. The number of anilines is 1. The highest BCUT2D eigenvalue weighted by Crippen LogP contribution is 2.00. The molecule has 14 heavy (non-hydrogen) atoms. The van der Waals surface area contributed by atoms with Crippen LogP contribution in [0.3, 0.4) is 0 Å². The average molecular weight is 219 g/mol. The van der Waals surface area contributed by atoms with Crippen molar-refractivity contribution in [1.29, 1.82) is 0 Å². The van der Waals surface area contributed by atoms with Gasteiger partial charge in [0, 0.05) is 6.20 Å². The SMILES string of the molecule is CCCCCCC.Cl.Nc1ccc[nH]1. The molecule has 3 heteroatoms. The lowest BCUT2D eigenvalue weighted by Gasteiger charge is -1.90. The number of halogens is 1. The summed E-state index contributed by atoms with van der Waals surface area (Å²) in [5.41, 5.74) is 5.22. The minimum atomic E-state index is 0. The molecule has 1 aromatic heterocycles. The molecule has 1 aromatic rings. The number of hydrogen-bond acceptors (Lipinski definition) is 1. The van der Waals surface area contributed by atoms with Gasteiger partial charge < -0.3 is 10.7 Å². The van der Waals surface area contributed by atoms with Crippen LogP contribution >= 0.6 is 12.4 Å². The molecule has 2 nitrogen and oxygen atoms in total. The van der Waals surface area contributed by atoms with Gasteiger partial charge in [-0.05, 0) is 12.1 Å². The number of nitrogen functional groups attached to an aromatic ring is 1. The predicted molar refractivity (Wildman–Crippen MR) is 66.9 cm³/mol. The van der Waals surface area contributed by atoms with E-state index in [2.05, 4.69) is 18.8 Å². The highest BCUT2D eigenvalue weighted by atomic mass is 35.5. The van der Waals surface area contributed by atoms with Crippen LogP contribution in [0.1, 0.15) is 46.0 Å². The second kappa shape index (κ2) is 12.4. The molecule has 0 aromatic carbocycles. The molecule has 0 bridgehead atoms. The predicted octanol–water partition coefficient (Wildman–Crippen LogP) is 4.00. The number of nitrogens with two attached hydrogens (primary N) is 1. The van der Waals surface area contributed by atoms with Crippen LogP contribution in [-0.4, -0.2) is 4.98 Å². The van der Waals surface area contributed by atoms with E-state index >= 15 is 0 Å². The molecule has 0 aliphatic carbocycles. The van der Waals surface area contributed by atoms with E-state index in [9.17, 15) is 0 Å². The standard InChI is InChI=1S/C7H16.C4H6N2.ClH/c1-3-5-7-6-4-2;5-4-2-1-3-6-4;/h3-7H2,1-2H3;1-3,6H,5H2;1H. The number of nitrogens with one attached hydrogen (secondary N) is 1. The molecule has 0 saturated carbocycles. The molecule has 1 rings (SSSR count). The molecule has 1 heterocycles. The van der Waals surface area contributed by atoms with Crippen LogP contribution in [0, 0.1) is 0 Å². The molecular weight excluding hydrogens is 196 g/mol. The Labute approximate surface area is 93.7 Å². The van der Waals surface area contributed by atoms with Crippen LogP contribution in [0.25, 0.3) is 0 Å². The van der Waals surface area contributed by atoms with Gasteiger partial charge in [0.15, 0.2) is 0 Å². The zero-order chi connectivity index (χ0) is 9.94. The highest BCUT2D eigenvalue weighted by Gasteiger charge is 1.80. The molecule has 3 N–H and O–H groups in total. The van der Waals surface area contributed by atoms with Gasteiger partial charge in [0.05, 0.1) is 0 Å². The summed E-state index contributed by atoms with van der Waals surface area (Å²) in [6.07, 6.45) is 8.80. The monoisotopic (exact) mass is 218 g/mol. The third-order valence-corrected chi connectivity index (χ3v) is 1.83. The van der Waals surface area contributed by atoms with Crippen LogP contribution in [0.2, 0.25) is 0 Å². The Morgan fingerprint density at radius 1 is 1.14 bits per heavy atom. The summed E-state index contributed by atoms with van der Waals surface area (Å²) in [5.74, 6) is 0.718. The second-order valence-corrected chi connectivity index (χ2v) is 3.19. The Hall–Kier alpha value is -0.630. The van der Waals surface area contributed by atoms with E-state index in [1.54, 1.807) is 12.3 Å². The molecule has 0 saturated heterocycles. The van der Waals surface area contributed by atoms with Crippen molar-refractivity contribution >= 4 is 18.2 Å². The van der Waals surface area contributed by atoms with Gasteiger partial charge in [0.25, 0.3) is 0 Å². The molecule has 84 valence electrons. The summed E-state index contributed by atoms with van der Waals surface area (Å²) in [7, 11) is 0.